The Kier molecular flexibility index (Phi) is 27.6. The van der Waals surface area contributed by atoms with Gasteiger partial charge in [-0.2, -0.15) is 0 Å². The van der Waals surface area contributed by atoms with Gasteiger partial charge in [0, 0.05) is 47.8 Å². The molecule has 19 nitrogen and oxygen atoms in total. The lowest BCUT2D eigenvalue weighted by Crippen LogP contribution is -2.54. The molecule has 2 aliphatic rings. The Morgan fingerprint density at radius 3 is 2.08 bits per heavy atom. The van der Waals surface area contributed by atoms with Gasteiger partial charge in [-0.25, -0.2) is 19.2 Å². The second kappa shape index (κ2) is 33.5. The van der Waals surface area contributed by atoms with Gasteiger partial charge in [-0.1, -0.05) is 81.7 Å². The van der Waals surface area contributed by atoms with Crippen molar-refractivity contribution in [2.75, 3.05) is 84.5 Å². The summed E-state index contributed by atoms with van der Waals surface area (Å²) in [4.78, 5) is 97.2. The molecule has 0 bridgehead atoms. The molecule has 1 fully saturated rings. The zero-order valence-electron chi connectivity index (χ0n) is 42.3. The number of ether oxygens (including phenoxy) is 7. The zero-order chi connectivity index (χ0) is 53.0. The van der Waals surface area contributed by atoms with Crippen LogP contribution in [0.4, 0.5) is 9.59 Å². The number of nitrogens with one attached hydrogen (secondary N) is 3. The summed E-state index contributed by atoms with van der Waals surface area (Å²) in [7, 11) is 4.16. The molecule has 0 aliphatic carbocycles. The van der Waals surface area contributed by atoms with Gasteiger partial charge in [0.25, 0.3) is 0 Å². The van der Waals surface area contributed by atoms with Crippen molar-refractivity contribution in [2.24, 2.45) is 10.9 Å². The first-order valence-corrected chi connectivity index (χ1v) is 27.6. The Balaban J connectivity index is 1.13. The van der Waals surface area contributed by atoms with Crippen LogP contribution < -0.4 is 16.0 Å². The molecular weight excluding hydrogens is 1010 g/mol. The van der Waals surface area contributed by atoms with Gasteiger partial charge >= 0.3 is 36.1 Å². The minimum absolute atomic E-state index is 0.0610. The van der Waals surface area contributed by atoms with E-state index in [0.717, 1.165) is 5.56 Å². The highest BCUT2D eigenvalue weighted by Gasteiger charge is 2.44. The summed E-state index contributed by atoms with van der Waals surface area (Å²) < 4.78 is 37.5. The maximum absolute atomic E-state index is 14.1. The van der Waals surface area contributed by atoms with E-state index in [0.29, 0.717) is 85.8 Å². The van der Waals surface area contributed by atoms with E-state index in [-0.39, 0.29) is 70.0 Å². The molecule has 2 aromatic rings. The van der Waals surface area contributed by atoms with Gasteiger partial charge in [0.1, 0.15) is 31.2 Å². The van der Waals surface area contributed by atoms with Gasteiger partial charge in [0.05, 0.1) is 57.5 Å². The molecule has 2 aliphatic heterocycles. The fourth-order valence-corrected chi connectivity index (χ4v) is 10.2. The Morgan fingerprint density at radius 1 is 0.767 bits per heavy atom. The van der Waals surface area contributed by atoms with Crippen molar-refractivity contribution in [1.82, 2.24) is 20.9 Å². The average molecular weight is 1080 g/mol. The molecule has 0 aromatic heterocycles. The van der Waals surface area contributed by atoms with Gasteiger partial charge in [-0.15, -0.1) is 0 Å². The quantitative estimate of drug-likeness (QED) is 0.0312. The van der Waals surface area contributed by atoms with E-state index in [2.05, 4.69) is 20.9 Å². The van der Waals surface area contributed by atoms with Crippen LogP contribution in [0.15, 0.2) is 70.9 Å². The highest BCUT2D eigenvalue weighted by Crippen LogP contribution is 2.42. The number of hydrogen-bond donors (Lipinski definition) is 3. The number of carbonyl (C=O) groups excluding carboxylic acids is 7. The van der Waals surface area contributed by atoms with Crippen molar-refractivity contribution in [3.63, 3.8) is 0 Å². The number of halogens is 1. The lowest BCUT2D eigenvalue weighted by Gasteiger charge is -2.32. The van der Waals surface area contributed by atoms with E-state index in [1.165, 1.54) is 28.7 Å². The van der Waals surface area contributed by atoms with E-state index >= 15 is 0 Å². The Morgan fingerprint density at radius 2 is 1.42 bits per heavy atom. The van der Waals surface area contributed by atoms with Crippen LogP contribution in [-0.2, 0) is 63.6 Å². The third-order valence-corrected chi connectivity index (χ3v) is 14.3. The van der Waals surface area contributed by atoms with Crippen LogP contribution in [0.25, 0.3) is 0 Å². The van der Waals surface area contributed by atoms with Crippen molar-refractivity contribution in [1.29, 1.82) is 0 Å². The number of amides is 3. The summed E-state index contributed by atoms with van der Waals surface area (Å²) in [5, 5.41) is 8.99. The number of likely N-dealkylation sites (tertiary alicyclic amines) is 1. The van der Waals surface area contributed by atoms with Crippen molar-refractivity contribution >= 4 is 80.9 Å². The molecule has 2 heterocycles. The minimum Gasteiger partial charge on any atom is -0.468 e. The number of rotatable bonds is 31. The summed E-state index contributed by atoms with van der Waals surface area (Å²) in [5.74, 6) is -3.20. The second-order valence-electron chi connectivity index (χ2n) is 16.6. The van der Waals surface area contributed by atoms with Crippen LogP contribution >= 0.6 is 33.2 Å². The van der Waals surface area contributed by atoms with Crippen molar-refractivity contribution < 1.29 is 66.7 Å². The molecule has 22 heteroatoms. The van der Waals surface area contributed by atoms with Crippen LogP contribution in [0.1, 0.15) is 83.3 Å². The number of alkyl carbamates (subject to hydrolysis) is 2. The number of nitrogens with zero attached hydrogens (tertiary/aromatic N) is 2. The SMILES string of the molecule is CCOC(=O)C1=C(COCCNC(=O)OCCSSCCOC(=O)NCCCC[C@H](NC(CCc2ccccc2)C(=O)OCC)C(=O)N2CCC[C@H]2C(=O)OCC)N=C(C)C(C(=O)OC)C1c1ccccc1Cl. The maximum atomic E-state index is 14.1. The predicted octanol–water partition coefficient (Wildman–Crippen LogP) is 6.60. The van der Waals surface area contributed by atoms with E-state index < -0.39 is 66.0 Å². The van der Waals surface area contributed by atoms with Crippen LogP contribution in [0.3, 0.4) is 0 Å². The maximum Gasteiger partial charge on any atom is 0.407 e. The molecule has 3 unspecified atom stereocenters. The molecule has 5 atom stereocenters. The molecule has 3 N–H and O–H groups in total. The standard InChI is InChI=1S/C51H70ClN5O14S2/c1-6-67-46(59)39(24-23-35-17-10-9-11-18-35)56-38(45(58)57-27-16-22-41(57)47(60)68-7-2)21-14-15-25-53-50(63)70-29-31-72-73-32-30-71-51(64)54-26-28-66-33-40-44(49(62)69-8-3)43(36-19-12-13-20-37(36)52)42(34(4)55-40)48(61)65-5/h9-13,17-20,38-39,41-43,56H,6-8,14-16,21-33H2,1-5H3,(H,53,63)(H,54,64)/t38-,39?,41-,42?,43?/m0/s1. The number of benzene rings is 2. The molecular formula is C51H70ClN5O14S2. The number of carbonyl (C=O) groups is 7. The smallest absolute Gasteiger partial charge is 0.407 e. The Labute approximate surface area is 440 Å². The van der Waals surface area contributed by atoms with Gasteiger partial charge in [0.15, 0.2) is 0 Å². The summed E-state index contributed by atoms with van der Waals surface area (Å²) >= 11 is 6.57. The first-order valence-electron chi connectivity index (χ1n) is 24.7. The minimum atomic E-state index is -0.923. The predicted molar refractivity (Wildman–Crippen MR) is 278 cm³/mol. The summed E-state index contributed by atoms with van der Waals surface area (Å²) in [5.41, 5.74) is 2.40. The first-order chi connectivity index (χ1) is 35.3. The van der Waals surface area contributed by atoms with E-state index in [4.69, 9.17) is 44.8 Å². The van der Waals surface area contributed by atoms with E-state index in [1.54, 1.807) is 56.9 Å². The summed E-state index contributed by atoms with van der Waals surface area (Å²) in [6.45, 7) is 8.30. The van der Waals surface area contributed by atoms with Crippen molar-refractivity contribution in [3.05, 3.63) is 82.0 Å². The number of aliphatic imine (C=N–C) groups is 1. The summed E-state index contributed by atoms with van der Waals surface area (Å²) in [6, 6.07) is 14.4. The van der Waals surface area contributed by atoms with Crippen molar-refractivity contribution in [2.45, 2.75) is 96.7 Å². The van der Waals surface area contributed by atoms with Gasteiger partial charge in [0.2, 0.25) is 5.91 Å². The van der Waals surface area contributed by atoms with E-state index in [1.807, 2.05) is 30.3 Å². The number of methoxy groups -OCH3 is 1. The third kappa shape index (κ3) is 19.8. The highest BCUT2D eigenvalue weighted by molar-refractivity contribution is 8.76. The number of unbranched alkanes of at least 4 members (excludes halogenated alkanes) is 1. The van der Waals surface area contributed by atoms with Crippen LogP contribution in [0.5, 0.6) is 0 Å². The fourth-order valence-electron chi connectivity index (χ4n) is 8.31. The molecule has 4 rings (SSSR count). The molecule has 1 saturated heterocycles. The molecule has 73 heavy (non-hydrogen) atoms. The molecule has 2 aromatic carbocycles. The number of esters is 4. The lowest BCUT2D eigenvalue weighted by molar-refractivity contribution is -0.154. The Bertz CT molecular complexity index is 2190. The largest absolute Gasteiger partial charge is 0.468 e. The van der Waals surface area contributed by atoms with E-state index in [9.17, 15) is 33.6 Å². The molecule has 0 radical (unpaired) electrons. The molecule has 0 saturated carbocycles. The topological polar surface area (TPSA) is 236 Å². The molecule has 0 spiro atoms. The van der Waals surface area contributed by atoms with Gasteiger partial charge in [-0.3, -0.25) is 24.7 Å². The average Bonchev–Trinajstić information content (AvgIpc) is 3.88. The van der Waals surface area contributed by atoms with Gasteiger partial charge in [-0.05, 0) is 89.8 Å². The molecule has 3 amide bonds. The zero-order valence-corrected chi connectivity index (χ0v) is 44.7. The summed E-state index contributed by atoms with van der Waals surface area (Å²) in [6.07, 6.45) is 2.32. The highest BCUT2D eigenvalue weighted by atomic mass is 35.5. The third-order valence-electron chi connectivity index (χ3n) is 11.7. The second-order valence-corrected chi connectivity index (χ2v) is 19.8. The van der Waals surface area contributed by atoms with Crippen molar-refractivity contribution in [3.8, 4) is 0 Å². The normalized spacial score (nSPS) is 17.2. The van der Waals surface area contributed by atoms with Gasteiger partial charge < -0.3 is 48.7 Å². The van der Waals surface area contributed by atoms with Crippen LogP contribution in [0, 0.1) is 5.92 Å². The lowest BCUT2D eigenvalue weighted by atomic mass is 9.75. The number of aryl methyl sites for hydroxylation is 1. The fraction of sp³-hybridized carbons (Fsp3) is 0.569. The monoisotopic (exact) mass is 1080 g/mol. The first kappa shape index (κ1) is 60.2. The Hall–Kier alpha value is -5.35. The molecule has 402 valence electrons. The number of hydrogen-bond acceptors (Lipinski definition) is 18. The van der Waals surface area contributed by atoms with Crippen LogP contribution in [-0.4, -0.2) is 155 Å². The van der Waals surface area contributed by atoms with Crippen LogP contribution in [0.2, 0.25) is 5.02 Å².